The monoisotopic (exact) mass is 241 g/mol. The highest BCUT2D eigenvalue weighted by molar-refractivity contribution is 7.90. The van der Waals surface area contributed by atoms with Crippen LogP contribution in [-0.4, -0.2) is 20.6 Å². The first-order valence-corrected chi connectivity index (χ1v) is 6.09. The van der Waals surface area contributed by atoms with E-state index in [1.807, 2.05) is 0 Å². The molecule has 86 valence electrons. The Kier molecular flexibility index (Phi) is 3.78. The third kappa shape index (κ3) is 2.46. The molecule has 0 heterocycles. The molecule has 0 bridgehead atoms. The predicted octanol–water partition coefficient (Wildman–Crippen LogP) is 0.714. The van der Waals surface area contributed by atoms with Crippen molar-refractivity contribution in [2.75, 3.05) is 0 Å². The lowest BCUT2D eigenvalue weighted by Gasteiger charge is -2.07. The van der Waals surface area contributed by atoms with Crippen molar-refractivity contribution >= 4 is 22.2 Å². The quantitative estimate of drug-likeness (QED) is 0.608. The molecule has 1 amide bonds. The van der Waals surface area contributed by atoms with Crippen LogP contribution in [0.1, 0.15) is 23.7 Å². The van der Waals surface area contributed by atoms with E-state index in [4.69, 9.17) is 0 Å². The molecule has 6 heteroatoms. The first-order chi connectivity index (χ1) is 7.53. The summed E-state index contributed by atoms with van der Waals surface area (Å²) < 4.78 is 24.9. The Morgan fingerprint density at radius 3 is 2.56 bits per heavy atom. The van der Waals surface area contributed by atoms with E-state index in [0.717, 1.165) is 0 Å². The normalized spacial score (nSPS) is 10.8. The average Bonchev–Trinajstić information content (AvgIpc) is 2.28. The van der Waals surface area contributed by atoms with Gasteiger partial charge in [0, 0.05) is 12.0 Å². The summed E-state index contributed by atoms with van der Waals surface area (Å²) in [5.74, 6) is -0.285. The minimum absolute atomic E-state index is 0.0720. The summed E-state index contributed by atoms with van der Waals surface area (Å²) in [6.07, 6.45) is 0.274. The molecule has 16 heavy (non-hydrogen) atoms. The number of carbonyl (C=O) groups is 2. The zero-order valence-corrected chi connectivity index (χ0v) is 9.45. The standard InChI is InChI=1S/C10H11NO4S/c1-2-9(13)8-5-3-4-6-10(8)16(14,15)11-7-12/h3-7H,2H2,1H3,(H,11,12). The van der Waals surface area contributed by atoms with E-state index < -0.39 is 10.0 Å². The van der Waals surface area contributed by atoms with Gasteiger partial charge in [0.25, 0.3) is 10.0 Å². The number of benzene rings is 1. The fourth-order valence-corrected chi connectivity index (χ4v) is 2.23. The van der Waals surface area contributed by atoms with Crippen LogP contribution < -0.4 is 4.72 Å². The molecule has 0 aliphatic rings. The van der Waals surface area contributed by atoms with Gasteiger partial charge in [-0.2, -0.15) is 0 Å². The fraction of sp³-hybridized carbons (Fsp3) is 0.200. The molecule has 1 aromatic rings. The Hall–Kier alpha value is -1.69. The highest BCUT2D eigenvalue weighted by Gasteiger charge is 2.20. The minimum Gasteiger partial charge on any atom is -0.294 e. The molecule has 0 aliphatic heterocycles. The lowest BCUT2D eigenvalue weighted by atomic mass is 10.1. The fourth-order valence-electron chi connectivity index (χ4n) is 1.25. The molecule has 1 aromatic carbocycles. The molecular weight excluding hydrogens is 230 g/mol. The summed E-state index contributed by atoms with van der Waals surface area (Å²) >= 11 is 0. The lowest BCUT2D eigenvalue weighted by Crippen LogP contribution is -2.23. The molecular formula is C10H11NO4S. The number of ketones is 1. The third-order valence-corrected chi connectivity index (χ3v) is 3.34. The molecule has 1 rings (SSSR count). The van der Waals surface area contributed by atoms with Crippen molar-refractivity contribution in [3.8, 4) is 0 Å². The van der Waals surface area contributed by atoms with Crippen LogP contribution in [0.2, 0.25) is 0 Å². The van der Waals surface area contributed by atoms with E-state index >= 15 is 0 Å². The van der Waals surface area contributed by atoms with E-state index in [1.165, 1.54) is 18.2 Å². The number of sulfonamides is 1. The summed E-state index contributed by atoms with van der Waals surface area (Å²) in [5.41, 5.74) is 0.0966. The van der Waals surface area contributed by atoms with E-state index in [9.17, 15) is 18.0 Å². The van der Waals surface area contributed by atoms with Crippen molar-refractivity contribution in [3.63, 3.8) is 0 Å². The Bertz CT molecular complexity index is 507. The second kappa shape index (κ2) is 4.89. The second-order valence-electron chi connectivity index (χ2n) is 3.01. The zero-order valence-electron chi connectivity index (χ0n) is 8.64. The second-order valence-corrected chi connectivity index (χ2v) is 4.69. The van der Waals surface area contributed by atoms with Crippen LogP contribution in [0, 0.1) is 0 Å². The maximum Gasteiger partial charge on any atom is 0.264 e. The maximum absolute atomic E-state index is 11.6. The molecule has 0 aliphatic carbocycles. The molecule has 0 radical (unpaired) electrons. The molecule has 0 fully saturated rings. The number of hydrogen-bond acceptors (Lipinski definition) is 4. The van der Waals surface area contributed by atoms with Crippen molar-refractivity contribution < 1.29 is 18.0 Å². The SMILES string of the molecule is CCC(=O)c1ccccc1S(=O)(=O)NC=O. The Labute approximate surface area is 93.5 Å². The van der Waals surface area contributed by atoms with Gasteiger partial charge in [-0.3, -0.25) is 14.3 Å². The van der Waals surface area contributed by atoms with Crippen LogP contribution in [0.25, 0.3) is 0 Å². The number of carbonyl (C=O) groups excluding carboxylic acids is 2. The van der Waals surface area contributed by atoms with Crippen LogP contribution in [-0.2, 0) is 14.8 Å². The number of rotatable bonds is 5. The van der Waals surface area contributed by atoms with Crippen LogP contribution in [0.4, 0.5) is 0 Å². The Morgan fingerprint density at radius 1 is 1.38 bits per heavy atom. The number of nitrogens with one attached hydrogen (secondary N) is 1. The van der Waals surface area contributed by atoms with E-state index in [0.29, 0.717) is 0 Å². The lowest BCUT2D eigenvalue weighted by molar-refractivity contribution is -0.108. The first-order valence-electron chi connectivity index (χ1n) is 4.61. The van der Waals surface area contributed by atoms with Crippen molar-refractivity contribution in [3.05, 3.63) is 29.8 Å². The smallest absolute Gasteiger partial charge is 0.264 e. The molecule has 1 N–H and O–H groups in total. The number of Topliss-reactive ketones (excluding diaryl/α,β-unsaturated/α-hetero) is 1. The molecule has 0 unspecified atom stereocenters. The molecule has 0 atom stereocenters. The molecule has 0 aromatic heterocycles. The van der Waals surface area contributed by atoms with Gasteiger partial charge in [0.1, 0.15) is 0 Å². The van der Waals surface area contributed by atoms with Crippen molar-refractivity contribution in [2.24, 2.45) is 0 Å². The summed E-state index contributed by atoms with van der Waals surface area (Å²) in [4.78, 5) is 21.5. The Morgan fingerprint density at radius 2 is 2.00 bits per heavy atom. The van der Waals surface area contributed by atoms with E-state index in [2.05, 4.69) is 0 Å². The molecule has 5 nitrogen and oxygen atoms in total. The minimum atomic E-state index is -3.93. The summed E-state index contributed by atoms with van der Waals surface area (Å²) in [7, 11) is -3.93. The van der Waals surface area contributed by atoms with Gasteiger partial charge in [-0.15, -0.1) is 0 Å². The van der Waals surface area contributed by atoms with Crippen molar-refractivity contribution in [1.29, 1.82) is 0 Å². The van der Waals surface area contributed by atoms with Gasteiger partial charge in [-0.05, 0) is 6.07 Å². The summed E-state index contributed by atoms with van der Waals surface area (Å²) in [6.45, 7) is 1.64. The van der Waals surface area contributed by atoms with Crippen LogP contribution >= 0.6 is 0 Å². The summed E-state index contributed by atoms with van der Waals surface area (Å²) in [5, 5.41) is 0. The predicted molar refractivity (Wildman–Crippen MR) is 57.4 cm³/mol. The van der Waals surface area contributed by atoms with Gasteiger partial charge in [0.15, 0.2) is 5.78 Å². The van der Waals surface area contributed by atoms with E-state index in [-0.39, 0.29) is 29.1 Å². The van der Waals surface area contributed by atoms with Crippen molar-refractivity contribution in [2.45, 2.75) is 18.2 Å². The molecule has 0 saturated carbocycles. The highest BCUT2D eigenvalue weighted by Crippen LogP contribution is 2.16. The molecule has 0 spiro atoms. The van der Waals surface area contributed by atoms with Crippen LogP contribution in [0.5, 0.6) is 0 Å². The average molecular weight is 241 g/mol. The first kappa shape index (κ1) is 12.4. The third-order valence-electron chi connectivity index (χ3n) is 2.00. The Balaban J connectivity index is 3.34. The van der Waals surface area contributed by atoms with Gasteiger partial charge in [0.05, 0.1) is 4.90 Å². The van der Waals surface area contributed by atoms with Gasteiger partial charge >= 0.3 is 0 Å². The van der Waals surface area contributed by atoms with Gasteiger partial charge < -0.3 is 0 Å². The largest absolute Gasteiger partial charge is 0.294 e. The maximum atomic E-state index is 11.6. The van der Waals surface area contributed by atoms with Crippen LogP contribution in [0.15, 0.2) is 29.2 Å². The number of amides is 1. The molecule has 0 saturated heterocycles. The van der Waals surface area contributed by atoms with E-state index in [1.54, 1.807) is 17.7 Å². The number of hydrogen-bond donors (Lipinski definition) is 1. The zero-order chi connectivity index (χ0) is 12.2. The van der Waals surface area contributed by atoms with Gasteiger partial charge in [-0.25, -0.2) is 8.42 Å². The van der Waals surface area contributed by atoms with Gasteiger partial charge in [-0.1, -0.05) is 25.1 Å². The summed E-state index contributed by atoms with van der Waals surface area (Å²) in [6, 6.07) is 5.77. The van der Waals surface area contributed by atoms with Gasteiger partial charge in [0.2, 0.25) is 6.41 Å². The van der Waals surface area contributed by atoms with Crippen molar-refractivity contribution in [1.82, 2.24) is 4.72 Å². The topological polar surface area (TPSA) is 80.3 Å². The van der Waals surface area contributed by atoms with Crippen LogP contribution in [0.3, 0.4) is 0 Å². The highest BCUT2D eigenvalue weighted by atomic mass is 32.2.